The molecule has 1 fully saturated rings. The fourth-order valence-corrected chi connectivity index (χ4v) is 4.53. The summed E-state index contributed by atoms with van der Waals surface area (Å²) >= 11 is 0. The third kappa shape index (κ3) is 5.67. The Morgan fingerprint density at radius 3 is 2.57 bits per heavy atom. The number of carbonyl (C=O) groups excluding carboxylic acids is 1. The minimum absolute atomic E-state index is 0.0940. The maximum Gasteiger partial charge on any atom is 0.245 e. The molecular weight excluding hydrogens is 440 g/mol. The fourth-order valence-electron chi connectivity index (χ4n) is 4.53. The van der Waals surface area contributed by atoms with Gasteiger partial charge in [0.25, 0.3) is 0 Å². The van der Waals surface area contributed by atoms with Crippen molar-refractivity contribution in [2.24, 2.45) is 0 Å². The van der Waals surface area contributed by atoms with Crippen LogP contribution in [-0.2, 0) is 22.6 Å². The largest absolute Gasteiger partial charge is 0.497 e. The maximum absolute atomic E-state index is 13.4. The van der Waals surface area contributed by atoms with E-state index in [1.54, 1.807) is 7.11 Å². The normalized spacial score (nSPS) is 15.0. The Morgan fingerprint density at radius 1 is 1.20 bits per heavy atom. The summed E-state index contributed by atoms with van der Waals surface area (Å²) in [5.41, 5.74) is 4.38. The van der Waals surface area contributed by atoms with Gasteiger partial charge in [-0.15, -0.1) is 0 Å². The molecule has 7 nitrogen and oxygen atoms in total. The third-order valence-electron chi connectivity index (χ3n) is 6.60. The van der Waals surface area contributed by atoms with E-state index in [4.69, 9.17) is 9.47 Å². The summed E-state index contributed by atoms with van der Waals surface area (Å²) in [5.74, 6) is 1.13. The lowest BCUT2D eigenvalue weighted by atomic mass is 10.2. The second kappa shape index (κ2) is 11.1. The number of nitrogens with one attached hydrogen (secondary N) is 1. The number of ether oxygens (including phenoxy) is 2. The van der Waals surface area contributed by atoms with Crippen LogP contribution in [0.3, 0.4) is 0 Å². The molecule has 1 amide bonds. The van der Waals surface area contributed by atoms with E-state index in [0.29, 0.717) is 24.5 Å². The SMILES string of the molecule is COc1ccc(N(CC(=O)Nc2c(C#N)c(C)c(C)n2CC2CCCO2)Cc2ccccc2)cc1. The van der Waals surface area contributed by atoms with Gasteiger partial charge in [0.05, 0.1) is 31.9 Å². The molecule has 4 rings (SSSR count). The molecule has 0 bridgehead atoms. The molecule has 2 heterocycles. The topological polar surface area (TPSA) is 79.5 Å². The van der Waals surface area contributed by atoms with Crippen molar-refractivity contribution in [3.63, 3.8) is 0 Å². The van der Waals surface area contributed by atoms with Crippen LogP contribution in [0.1, 0.15) is 35.2 Å². The highest BCUT2D eigenvalue weighted by Crippen LogP contribution is 2.29. The van der Waals surface area contributed by atoms with Gasteiger partial charge in [0.2, 0.25) is 5.91 Å². The van der Waals surface area contributed by atoms with Gasteiger partial charge in [-0.3, -0.25) is 4.79 Å². The molecule has 3 aromatic rings. The smallest absolute Gasteiger partial charge is 0.245 e. The molecule has 1 N–H and O–H groups in total. The van der Waals surface area contributed by atoms with E-state index in [0.717, 1.165) is 47.7 Å². The summed E-state index contributed by atoms with van der Waals surface area (Å²) in [6, 6.07) is 20.0. The van der Waals surface area contributed by atoms with Crippen LogP contribution in [-0.4, -0.2) is 36.8 Å². The monoisotopic (exact) mass is 472 g/mol. The molecule has 35 heavy (non-hydrogen) atoms. The molecule has 2 aromatic carbocycles. The number of amides is 1. The lowest BCUT2D eigenvalue weighted by Crippen LogP contribution is -2.34. The van der Waals surface area contributed by atoms with E-state index in [9.17, 15) is 10.1 Å². The van der Waals surface area contributed by atoms with Gasteiger partial charge in [-0.2, -0.15) is 5.26 Å². The molecule has 7 heteroatoms. The number of hydrogen-bond donors (Lipinski definition) is 1. The average Bonchev–Trinajstić information content (AvgIpc) is 3.47. The molecule has 1 saturated heterocycles. The fraction of sp³-hybridized carbons (Fsp3) is 0.357. The molecule has 1 unspecified atom stereocenters. The lowest BCUT2D eigenvalue weighted by Gasteiger charge is -2.25. The first-order chi connectivity index (χ1) is 17.0. The summed E-state index contributed by atoms with van der Waals surface area (Å²) in [4.78, 5) is 15.4. The van der Waals surface area contributed by atoms with Crippen LogP contribution in [0.15, 0.2) is 54.6 Å². The van der Waals surface area contributed by atoms with E-state index in [2.05, 4.69) is 11.4 Å². The summed E-state index contributed by atoms with van der Waals surface area (Å²) in [6.45, 7) is 5.99. The second-order valence-corrected chi connectivity index (χ2v) is 8.88. The zero-order valence-electron chi connectivity index (χ0n) is 20.6. The Balaban J connectivity index is 1.58. The van der Waals surface area contributed by atoms with Crippen molar-refractivity contribution in [2.45, 2.75) is 45.9 Å². The Morgan fingerprint density at radius 2 is 1.94 bits per heavy atom. The van der Waals surface area contributed by atoms with Crippen LogP contribution in [0.2, 0.25) is 0 Å². The Labute approximate surface area is 206 Å². The van der Waals surface area contributed by atoms with E-state index in [-0.39, 0.29) is 18.6 Å². The van der Waals surface area contributed by atoms with Crippen molar-refractivity contribution in [1.82, 2.24) is 4.57 Å². The predicted molar refractivity (Wildman–Crippen MR) is 137 cm³/mol. The standard InChI is InChI=1S/C28H32N4O3/c1-20-21(2)32(18-25-10-7-15-35-25)28(26(20)16-29)30-27(33)19-31(17-22-8-5-4-6-9-22)23-11-13-24(34-3)14-12-23/h4-6,8-9,11-14,25H,7,10,15,17-19H2,1-3H3,(H,30,33). The van der Waals surface area contributed by atoms with Crippen LogP contribution in [0.4, 0.5) is 11.5 Å². The Hall–Kier alpha value is -3.76. The van der Waals surface area contributed by atoms with E-state index in [1.165, 1.54) is 0 Å². The zero-order chi connectivity index (χ0) is 24.8. The summed E-state index contributed by atoms with van der Waals surface area (Å²) < 4.78 is 13.1. The number of benzene rings is 2. The van der Waals surface area contributed by atoms with Crippen molar-refractivity contribution in [3.8, 4) is 11.8 Å². The van der Waals surface area contributed by atoms with E-state index < -0.39 is 0 Å². The highest BCUT2D eigenvalue weighted by molar-refractivity contribution is 5.95. The molecule has 0 saturated carbocycles. The number of hydrogen-bond acceptors (Lipinski definition) is 5. The first-order valence-corrected chi connectivity index (χ1v) is 11.9. The van der Waals surface area contributed by atoms with Gasteiger partial charge in [-0.1, -0.05) is 30.3 Å². The van der Waals surface area contributed by atoms with Gasteiger partial charge in [-0.05, 0) is 62.1 Å². The number of methoxy groups -OCH3 is 1. The van der Waals surface area contributed by atoms with Crippen LogP contribution in [0.5, 0.6) is 5.75 Å². The number of nitriles is 1. The number of nitrogens with zero attached hydrogens (tertiary/aromatic N) is 3. The van der Waals surface area contributed by atoms with Gasteiger partial charge < -0.3 is 24.3 Å². The maximum atomic E-state index is 13.4. The highest BCUT2D eigenvalue weighted by Gasteiger charge is 2.24. The van der Waals surface area contributed by atoms with Gasteiger partial charge >= 0.3 is 0 Å². The first kappa shape index (κ1) is 24.4. The molecule has 0 radical (unpaired) electrons. The molecule has 0 aliphatic carbocycles. The molecule has 1 atom stereocenters. The summed E-state index contributed by atoms with van der Waals surface area (Å²) in [6.07, 6.45) is 2.11. The van der Waals surface area contributed by atoms with Crippen LogP contribution >= 0.6 is 0 Å². The number of rotatable bonds is 9. The number of aromatic nitrogens is 1. The van der Waals surface area contributed by atoms with Gasteiger partial charge in [0, 0.05) is 24.5 Å². The molecule has 182 valence electrons. The third-order valence-corrected chi connectivity index (χ3v) is 6.60. The molecular formula is C28H32N4O3. The Bertz CT molecular complexity index is 1190. The minimum Gasteiger partial charge on any atom is -0.497 e. The Kier molecular flexibility index (Phi) is 7.74. The number of carbonyl (C=O) groups is 1. The van der Waals surface area contributed by atoms with E-state index in [1.807, 2.05) is 77.9 Å². The van der Waals surface area contributed by atoms with Crippen molar-refractivity contribution in [2.75, 3.05) is 30.5 Å². The average molecular weight is 473 g/mol. The van der Waals surface area contributed by atoms with Crippen molar-refractivity contribution < 1.29 is 14.3 Å². The van der Waals surface area contributed by atoms with Crippen molar-refractivity contribution >= 4 is 17.4 Å². The van der Waals surface area contributed by atoms with Gasteiger partial charge in [0.15, 0.2) is 0 Å². The minimum atomic E-state index is -0.181. The van der Waals surface area contributed by atoms with E-state index >= 15 is 0 Å². The van der Waals surface area contributed by atoms with Gasteiger partial charge in [-0.25, -0.2) is 0 Å². The van der Waals surface area contributed by atoms with Crippen LogP contribution in [0.25, 0.3) is 0 Å². The second-order valence-electron chi connectivity index (χ2n) is 8.88. The lowest BCUT2D eigenvalue weighted by molar-refractivity contribution is -0.115. The number of anilines is 2. The van der Waals surface area contributed by atoms with Crippen LogP contribution < -0.4 is 15.0 Å². The summed E-state index contributed by atoms with van der Waals surface area (Å²) in [5, 5.41) is 12.9. The molecule has 1 aliphatic heterocycles. The molecule has 1 aromatic heterocycles. The van der Waals surface area contributed by atoms with Crippen molar-refractivity contribution in [1.29, 1.82) is 5.26 Å². The summed E-state index contributed by atoms with van der Waals surface area (Å²) in [7, 11) is 1.63. The highest BCUT2D eigenvalue weighted by atomic mass is 16.5. The first-order valence-electron chi connectivity index (χ1n) is 11.9. The molecule has 1 aliphatic rings. The zero-order valence-corrected chi connectivity index (χ0v) is 20.6. The van der Waals surface area contributed by atoms with Crippen LogP contribution in [0, 0.1) is 25.2 Å². The quantitative estimate of drug-likeness (QED) is 0.484. The van der Waals surface area contributed by atoms with Gasteiger partial charge in [0.1, 0.15) is 17.6 Å². The predicted octanol–water partition coefficient (Wildman–Crippen LogP) is 4.81. The van der Waals surface area contributed by atoms with Crippen molar-refractivity contribution in [3.05, 3.63) is 77.0 Å². The molecule has 0 spiro atoms.